The molecule has 3 rings (SSSR count). The normalized spacial score (nSPS) is 14.3. The van der Waals surface area contributed by atoms with Crippen molar-refractivity contribution >= 4 is 17.8 Å². The Kier molecular flexibility index (Phi) is 5.46. The number of hydrogen-bond acceptors (Lipinski definition) is 4. The van der Waals surface area contributed by atoms with E-state index in [0.717, 1.165) is 5.56 Å². The predicted molar refractivity (Wildman–Crippen MR) is 96.7 cm³/mol. The third-order valence-electron chi connectivity index (χ3n) is 4.42. The number of benzene rings is 2. The molecule has 0 saturated carbocycles. The van der Waals surface area contributed by atoms with E-state index in [0.29, 0.717) is 36.9 Å². The molecule has 0 saturated heterocycles. The summed E-state index contributed by atoms with van der Waals surface area (Å²) in [7, 11) is 0. The number of esters is 1. The van der Waals surface area contributed by atoms with Crippen LogP contribution in [0.25, 0.3) is 0 Å². The third-order valence-corrected chi connectivity index (χ3v) is 4.42. The van der Waals surface area contributed by atoms with Crippen molar-refractivity contribution < 1.29 is 19.1 Å². The first-order chi connectivity index (χ1) is 12.6. The van der Waals surface area contributed by atoms with E-state index < -0.39 is 0 Å². The Morgan fingerprint density at radius 3 is 2.12 bits per heavy atom. The first-order valence-electron chi connectivity index (χ1n) is 8.72. The summed E-state index contributed by atoms with van der Waals surface area (Å²) >= 11 is 0. The molecular formula is C21H21NO4. The van der Waals surface area contributed by atoms with Gasteiger partial charge in [0.1, 0.15) is 6.10 Å². The summed E-state index contributed by atoms with van der Waals surface area (Å²) in [6.07, 6.45) is 1.51. The smallest absolute Gasteiger partial charge is 0.302 e. The summed E-state index contributed by atoms with van der Waals surface area (Å²) < 4.78 is 5.41. The zero-order valence-electron chi connectivity index (χ0n) is 14.7. The van der Waals surface area contributed by atoms with Crippen LogP contribution in [0.15, 0.2) is 54.6 Å². The highest BCUT2D eigenvalue weighted by Crippen LogP contribution is 2.23. The van der Waals surface area contributed by atoms with E-state index in [4.69, 9.17) is 4.74 Å². The Balaban J connectivity index is 1.59. The first-order valence-corrected chi connectivity index (χ1v) is 8.72. The number of rotatable bonds is 7. The topological polar surface area (TPSA) is 63.7 Å². The Labute approximate surface area is 152 Å². The van der Waals surface area contributed by atoms with Gasteiger partial charge in [-0.1, -0.05) is 42.5 Å². The first kappa shape index (κ1) is 17.9. The van der Waals surface area contributed by atoms with Crippen molar-refractivity contribution in [2.75, 3.05) is 6.54 Å². The minimum absolute atomic E-state index is 0.252. The zero-order valence-corrected chi connectivity index (χ0v) is 14.7. The fourth-order valence-corrected chi connectivity index (χ4v) is 3.23. The zero-order chi connectivity index (χ0) is 18.5. The molecule has 0 N–H and O–H groups in total. The van der Waals surface area contributed by atoms with E-state index in [1.807, 2.05) is 30.3 Å². The molecule has 0 fully saturated rings. The molecule has 2 aromatic rings. The van der Waals surface area contributed by atoms with Crippen molar-refractivity contribution in [3.8, 4) is 0 Å². The molecule has 5 heteroatoms. The number of ether oxygens (including phenoxy) is 1. The summed E-state index contributed by atoms with van der Waals surface area (Å²) in [5.41, 5.74) is 2.00. The summed E-state index contributed by atoms with van der Waals surface area (Å²) in [5.74, 6) is -0.831. The van der Waals surface area contributed by atoms with E-state index in [2.05, 4.69) is 0 Å². The molecule has 1 unspecified atom stereocenters. The van der Waals surface area contributed by atoms with Gasteiger partial charge in [0.15, 0.2) is 0 Å². The Morgan fingerprint density at radius 2 is 1.54 bits per heavy atom. The monoisotopic (exact) mass is 351 g/mol. The highest BCUT2D eigenvalue weighted by molar-refractivity contribution is 6.21. The third kappa shape index (κ3) is 3.99. The second-order valence-corrected chi connectivity index (χ2v) is 6.37. The van der Waals surface area contributed by atoms with Gasteiger partial charge in [0.25, 0.3) is 11.8 Å². The van der Waals surface area contributed by atoms with Crippen LogP contribution < -0.4 is 0 Å². The lowest BCUT2D eigenvalue weighted by molar-refractivity contribution is -0.146. The van der Waals surface area contributed by atoms with Crippen molar-refractivity contribution in [2.24, 2.45) is 0 Å². The van der Waals surface area contributed by atoms with Crippen molar-refractivity contribution in [3.63, 3.8) is 0 Å². The highest BCUT2D eigenvalue weighted by atomic mass is 16.5. The quantitative estimate of drug-likeness (QED) is 0.567. The Bertz CT molecular complexity index is 781. The van der Waals surface area contributed by atoms with Gasteiger partial charge < -0.3 is 4.74 Å². The number of fused-ring (bicyclic) bond motifs is 1. The number of nitrogens with zero attached hydrogens (tertiary/aromatic N) is 1. The summed E-state index contributed by atoms with van der Waals surface area (Å²) in [6.45, 7) is 1.71. The van der Waals surface area contributed by atoms with Gasteiger partial charge in [-0.3, -0.25) is 19.3 Å². The van der Waals surface area contributed by atoms with Crippen LogP contribution in [0.3, 0.4) is 0 Å². The minimum Gasteiger partial charge on any atom is -0.462 e. The number of amides is 2. The van der Waals surface area contributed by atoms with Crippen molar-refractivity contribution in [1.82, 2.24) is 4.90 Å². The number of imide groups is 1. The van der Waals surface area contributed by atoms with Gasteiger partial charge in [-0.05, 0) is 30.5 Å². The molecular weight excluding hydrogens is 330 g/mol. The SMILES string of the molecule is CC(=O)OC(CCCN1C(=O)c2ccccc2C1=O)Cc1ccccc1. The number of carbonyl (C=O) groups excluding carboxylic acids is 3. The summed E-state index contributed by atoms with van der Waals surface area (Å²) in [4.78, 5) is 37.4. The van der Waals surface area contributed by atoms with E-state index in [-0.39, 0.29) is 23.9 Å². The standard InChI is InChI=1S/C21H21NO4/c1-15(23)26-17(14-16-8-3-2-4-9-16)10-7-13-22-20(24)18-11-5-6-12-19(18)21(22)25/h2-6,8-9,11-12,17H,7,10,13-14H2,1H3. The molecule has 1 heterocycles. The van der Waals surface area contributed by atoms with Crippen molar-refractivity contribution in [2.45, 2.75) is 32.3 Å². The highest BCUT2D eigenvalue weighted by Gasteiger charge is 2.34. The summed E-state index contributed by atoms with van der Waals surface area (Å²) in [5, 5.41) is 0. The van der Waals surface area contributed by atoms with E-state index in [1.54, 1.807) is 24.3 Å². The fourth-order valence-electron chi connectivity index (χ4n) is 3.23. The number of carbonyl (C=O) groups is 3. The van der Waals surface area contributed by atoms with Gasteiger partial charge >= 0.3 is 5.97 Å². The average molecular weight is 351 g/mol. The molecule has 0 bridgehead atoms. The maximum absolute atomic E-state index is 12.4. The molecule has 0 aliphatic carbocycles. The Hall–Kier alpha value is -2.95. The fraction of sp³-hybridized carbons (Fsp3) is 0.286. The van der Waals surface area contributed by atoms with Crippen LogP contribution in [0.4, 0.5) is 0 Å². The number of hydrogen-bond donors (Lipinski definition) is 0. The lowest BCUT2D eigenvalue weighted by Crippen LogP contribution is -2.31. The molecule has 0 spiro atoms. The molecule has 26 heavy (non-hydrogen) atoms. The second kappa shape index (κ2) is 7.95. The molecule has 0 radical (unpaired) electrons. The maximum Gasteiger partial charge on any atom is 0.302 e. The van der Waals surface area contributed by atoms with Crippen LogP contribution in [-0.2, 0) is 16.0 Å². The minimum atomic E-state index is -0.327. The van der Waals surface area contributed by atoms with Gasteiger partial charge in [-0.15, -0.1) is 0 Å². The van der Waals surface area contributed by atoms with Gasteiger partial charge in [0.2, 0.25) is 0 Å². The molecule has 2 amide bonds. The van der Waals surface area contributed by atoms with Gasteiger partial charge in [-0.25, -0.2) is 0 Å². The van der Waals surface area contributed by atoms with Gasteiger partial charge in [0.05, 0.1) is 11.1 Å². The van der Waals surface area contributed by atoms with E-state index >= 15 is 0 Å². The van der Waals surface area contributed by atoms with Crippen molar-refractivity contribution in [1.29, 1.82) is 0 Å². The molecule has 1 aliphatic rings. The molecule has 1 atom stereocenters. The van der Waals surface area contributed by atoms with E-state index in [1.165, 1.54) is 11.8 Å². The average Bonchev–Trinajstić information content (AvgIpc) is 2.87. The van der Waals surface area contributed by atoms with Gasteiger partial charge in [0, 0.05) is 19.9 Å². The van der Waals surface area contributed by atoms with Crippen LogP contribution in [0.5, 0.6) is 0 Å². The Morgan fingerprint density at radius 1 is 0.962 bits per heavy atom. The van der Waals surface area contributed by atoms with Crippen LogP contribution in [0, 0.1) is 0 Å². The maximum atomic E-state index is 12.4. The predicted octanol–water partition coefficient (Wildman–Crippen LogP) is 3.24. The summed E-state index contributed by atoms with van der Waals surface area (Å²) in [6, 6.07) is 16.7. The van der Waals surface area contributed by atoms with Gasteiger partial charge in [-0.2, -0.15) is 0 Å². The second-order valence-electron chi connectivity index (χ2n) is 6.37. The molecule has 2 aromatic carbocycles. The lowest BCUT2D eigenvalue weighted by atomic mass is 10.0. The lowest BCUT2D eigenvalue weighted by Gasteiger charge is -2.19. The largest absolute Gasteiger partial charge is 0.462 e. The van der Waals surface area contributed by atoms with E-state index in [9.17, 15) is 14.4 Å². The van der Waals surface area contributed by atoms with Crippen LogP contribution in [0.2, 0.25) is 0 Å². The molecule has 1 aliphatic heterocycles. The molecule has 0 aromatic heterocycles. The molecule has 134 valence electrons. The van der Waals surface area contributed by atoms with Crippen molar-refractivity contribution in [3.05, 3.63) is 71.3 Å². The van der Waals surface area contributed by atoms with Crippen LogP contribution >= 0.6 is 0 Å². The van der Waals surface area contributed by atoms with Crippen LogP contribution in [0.1, 0.15) is 46.0 Å². The van der Waals surface area contributed by atoms with Crippen LogP contribution in [-0.4, -0.2) is 35.3 Å². The molecule has 5 nitrogen and oxygen atoms in total.